The molecule has 2 aromatic heterocycles. The second-order valence-corrected chi connectivity index (χ2v) is 5.21. The van der Waals surface area contributed by atoms with Crippen LogP contribution in [0.15, 0.2) is 42.6 Å². The summed E-state index contributed by atoms with van der Waals surface area (Å²) in [5.41, 5.74) is 8.76. The van der Waals surface area contributed by atoms with Crippen molar-refractivity contribution in [2.75, 3.05) is 5.73 Å². The fraction of sp³-hybridized carbons (Fsp3) is 0.0714. The molecule has 0 aliphatic heterocycles. The zero-order chi connectivity index (χ0) is 11.8. The summed E-state index contributed by atoms with van der Waals surface area (Å²) in [7, 11) is 0. The predicted octanol–water partition coefficient (Wildman–Crippen LogP) is 3.85. The maximum Gasteiger partial charge on any atom is 0.0822 e. The fourth-order valence-electron chi connectivity index (χ4n) is 1.85. The number of hydrogen-bond acceptors (Lipinski definition) is 3. The number of hydrogen-bond donors (Lipinski definition) is 1. The van der Waals surface area contributed by atoms with E-state index >= 15 is 0 Å². The van der Waals surface area contributed by atoms with E-state index < -0.39 is 0 Å². The number of nitrogens with zero attached hydrogens (tertiary/aromatic N) is 1. The number of anilines is 1. The van der Waals surface area contributed by atoms with E-state index in [1.165, 1.54) is 15.6 Å². The molecule has 0 radical (unpaired) electrons. The SMILES string of the molecule is Cc1ccc2cc(-c3cc(N)ccn3)sc2c1. The summed E-state index contributed by atoms with van der Waals surface area (Å²) in [5, 5.41) is 1.26. The molecule has 0 aliphatic carbocycles. The number of fused-ring (bicyclic) bond motifs is 1. The monoisotopic (exact) mass is 240 g/mol. The van der Waals surface area contributed by atoms with E-state index in [1.54, 1.807) is 23.6 Å². The Morgan fingerprint density at radius 2 is 2.00 bits per heavy atom. The van der Waals surface area contributed by atoms with E-state index in [4.69, 9.17) is 5.73 Å². The number of benzene rings is 1. The van der Waals surface area contributed by atoms with Crippen LogP contribution < -0.4 is 5.73 Å². The summed E-state index contributed by atoms with van der Waals surface area (Å²) in [6.07, 6.45) is 1.75. The van der Waals surface area contributed by atoms with Crippen molar-refractivity contribution in [2.45, 2.75) is 6.92 Å². The van der Waals surface area contributed by atoms with Crippen molar-refractivity contribution in [3.8, 4) is 10.6 Å². The number of rotatable bonds is 1. The van der Waals surface area contributed by atoms with Crippen LogP contribution in [0.3, 0.4) is 0 Å². The summed E-state index contributed by atoms with van der Waals surface area (Å²) in [6, 6.07) is 12.4. The molecule has 0 saturated carbocycles. The molecule has 2 nitrogen and oxygen atoms in total. The molecule has 0 aliphatic rings. The molecule has 0 spiro atoms. The van der Waals surface area contributed by atoms with E-state index in [0.717, 1.165) is 16.3 Å². The number of nitrogen functional groups attached to an aromatic ring is 1. The Labute approximate surface area is 104 Å². The molecule has 2 heterocycles. The highest BCUT2D eigenvalue weighted by Gasteiger charge is 2.05. The molecule has 0 unspecified atom stereocenters. The van der Waals surface area contributed by atoms with Gasteiger partial charge in [0.25, 0.3) is 0 Å². The van der Waals surface area contributed by atoms with Gasteiger partial charge in [-0.05, 0) is 42.1 Å². The van der Waals surface area contributed by atoms with Crippen LogP contribution in [0.2, 0.25) is 0 Å². The van der Waals surface area contributed by atoms with Gasteiger partial charge in [0, 0.05) is 16.6 Å². The first-order chi connectivity index (χ1) is 8.22. The lowest BCUT2D eigenvalue weighted by Crippen LogP contribution is -1.86. The van der Waals surface area contributed by atoms with E-state index in [-0.39, 0.29) is 0 Å². The number of pyridine rings is 1. The second-order valence-electron chi connectivity index (χ2n) is 4.13. The Morgan fingerprint density at radius 3 is 2.82 bits per heavy atom. The summed E-state index contributed by atoms with van der Waals surface area (Å²) < 4.78 is 1.30. The van der Waals surface area contributed by atoms with Crippen molar-refractivity contribution < 1.29 is 0 Å². The van der Waals surface area contributed by atoms with E-state index in [0.29, 0.717) is 0 Å². The lowest BCUT2D eigenvalue weighted by molar-refractivity contribution is 1.34. The zero-order valence-corrected chi connectivity index (χ0v) is 10.3. The van der Waals surface area contributed by atoms with Gasteiger partial charge >= 0.3 is 0 Å². The first-order valence-corrected chi connectivity index (χ1v) is 6.26. The van der Waals surface area contributed by atoms with Crippen LogP contribution in [0.4, 0.5) is 5.69 Å². The largest absolute Gasteiger partial charge is 0.399 e. The van der Waals surface area contributed by atoms with Gasteiger partial charge in [0.1, 0.15) is 0 Å². The Kier molecular flexibility index (Phi) is 2.34. The molecule has 0 bridgehead atoms. The number of thiophene rings is 1. The van der Waals surface area contributed by atoms with E-state index in [9.17, 15) is 0 Å². The molecular formula is C14H12N2S. The van der Waals surface area contributed by atoms with Gasteiger partial charge in [-0.2, -0.15) is 0 Å². The highest BCUT2D eigenvalue weighted by atomic mass is 32.1. The molecular weight excluding hydrogens is 228 g/mol. The third-order valence-electron chi connectivity index (χ3n) is 2.71. The van der Waals surface area contributed by atoms with Crippen LogP contribution >= 0.6 is 11.3 Å². The Balaban J connectivity index is 2.18. The molecule has 0 fully saturated rings. The molecule has 0 saturated heterocycles. The summed E-state index contributed by atoms with van der Waals surface area (Å²) in [4.78, 5) is 5.52. The standard InChI is InChI=1S/C14H12N2S/c1-9-2-3-10-7-14(17-13(10)6-9)12-8-11(15)4-5-16-12/h2-8H,1H3,(H2,15,16). The van der Waals surface area contributed by atoms with Gasteiger partial charge < -0.3 is 5.73 Å². The van der Waals surface area contributed by atoms with Crippen LogP contribution in [0.5, 0.6) is 0 Å². The number of nitrogens with two attached hydrogens (primary N) is 1. The maximum absolute atomic E-state index is 5.78. The predicted molar refractivity (Wildman–Crippen MR) is 74.2 cm³/mol. The van der Waals surface area contributed by atoms with Crippen LogP contribution in [0.1, 0.15) is 5.56 Å². The minimum absolute atomic E-state index is 0.753. The van der Waals surface area contributed by atoms with E-state index in [2.05, 4.69) is 36.2 Å². The molecule has 3 aromatic rings. The van der Waals surface area contributed by atoms with Gasteiger partial charge in [0.2, 0.25) is 0 Å². The first kappa shape index (κ1) is 10.3. The van der Waals surface area contributed by atoms with Crippen LogP contribution in [-0.2, 0) is 0 Å². The Bertz CT molecular complexity index is 686. The fourth-order valence-corrected chi connectivity index (χ4v) is 2.97. The Morgan fingerprint density at radius 1 is 1.12 bits per heavy atom. The third kappa shape index (κ3) is 1.89. The van der Waals surface area contributed by atoms with Crippen molar-refractivity contribution in [3.63, 3.8) is 0 Å². The molecule has 0 amide bonds. The van der Waals surface area contributed by atoms with Crippen molar-refractivity contribution in [1.29, 1.82) is 0 Å². The summed E-state index contributed by atoms with van der Waals surface area (Å²) in [6.45, 7) is 2.11. The summed E-state index contributed by atoms with van der Waals surface area (Å²) >= 11 is 1.76. The van der Waals surface area contributed by atoms with Crippen molar-refractivity contribution in [1.82, 2.24) is 4.98 Å². The molecule has 2 N–H and O–H groups in total. The lowest BCUT2D eigenvalue weighted by Gasteiger charge is -1.96. The average molecular weight is 240 g/mol. The van der Waals surface area contributed by atoms with Gasteiger partial charge in [0.05, 0.1) is 10.6 Å². The molecule has 0 atom stereocenters. The normalized spacial score (nSPS) is 10.9. The molecule has 1 aromatic carbocycles. The lowest BCUT2D eigenvalue weighted by atomic mass is 10.2. The van der Waals surface area contributed by atoms with Gasteiger partial charge in [-0.25, -0.2) is 0 Å². The quantitative estimate of drug-likeness (QED) is 0.701. The molecule has 17 heavy (non-hydrogen) atoms. The van der Waals surface area contributed by atoms with Crippen LogP contribution in [-0.4, -0.2) is 4.98 Å². The van der Waals surface area contributed by atoms with Crippen molar-refractivity contribution in [3.05, 3.63) is 48.2 Å². The molecule has 84 valence electrons. The number of aromatic nitrogens is 1. The Hall–Kier alpha value is -1.87. The van der Waals surface area contributed by atoms with Crippen molar-refractivity contribution in [2.24, 2.45) is 0 Å². The summed E-state index contributed by atoms with van der Waals surface area (Å²) in [5.74, 6) is 0. The first-order valence-electron chi connectivity index (χ1n) is 5.44. The highest BCUT2D eigenvalue weighted by Crippen LogP contribution is 2.33. The van der Waals surface area contributed by atoms with Crippen LogP contribution in [0, 0.1) is 6.92 Å². The highest BCUT2D eigenvalue weighted by molar-refractivity contribution is 7.22. The second kappa shape index (κ2) is 3.86. The molecule has 3 heteroatoms. The average Bonchev–Trinajstić information content (AvgIpc) is 2.72. The minimum Gasteiger partial charge on any atom is -0.399 e. The topological polar surface area (TPSA) is 38.9 Å². The van der Waals surface area contributed by atoms with E-state index in [1.807, 2.05) is 6.07 Å². The molecule has 3 rings (SSSR count). The van der Waals surface area contributed by atoms with Crippen molar-refractivity contribution >= 4 is 27.1 Å². The van der Waals surface area contributed by atoms with Gasteiger partial charge in [-0.3, -0.25) is 4.98 Å². The van der Waals surface area contributed by atoms with Gasteiger partial charge in [0.15, 0.2) is 0 Å². The minimum atomic E-state index is 0.753. The number of aryl methyl sites for hydroxylation is 1. The smallest absolute Gasteiger partial charge is 0.0822 e. The van der Waals surface area contributed by atoms with Gasteiger partial charge in [-0.1, -0.05) is 12.1 Å². The third-order valence-corrected chi connectivity index (χ3v) is 3.83. The van der Waals surface area contributed by atoms with Crippen LogP contribution in [0.25, 0.3) is 20.7 Å². The maximum atomic E-state index is 5.78. The zero-order valence-electron chi connectivity index (χ0n) is 9.47. The van der Waals surface area contributed by atoms with Gasteiger partial charge in [-0.15, -0.1) is 11.3 Å².